The molecule has 0 aliphatic carbocycles. The Morgan fingerprint density at radius 3 is 1.91 bits per heavy atom. The number of carbonyl (C=O) groups excluding carboxylic acids is 2. The Morgan fingerprint density at radius 2 is 1.26 bits per heavy atom. The quantitative estimate of drug-likeness (QED) is 0.228. The molecule has 34 heavy (non-hydrogen) atoms. The summed E-state index contributed by atoms with van der Waals surface area (Å²) in [5.41, 5.74) is 2.32. The molecule has 0 aromatic heterocycles. The topological polar surface area (TPSA) is 61.8 Å². The molecule has 4 aromatic carbocycles. The summed E-state index contributed by atoms with van der Waals surface area (Å²) in [5.74, 6) is 0.439. The van der Waals surface area contributed by atoms with Crippen molar-refractivity contribution in [3.05, 3.63) is 131 Å². The smallest absolute Gasteiger partial charge is 0.339 e. The van der Waals surface area contributed by atoms with Crippen molar-refractivity contribution < 1.29 is 23.8 Å². The largest absolute Gasteiger partial charge is 0.493 e. The first-order valence-electron chi connectivity index (χ1n) is 10.9. The minimum absolute atomic E-state index is 0.276. The lowest BCUT2D eigenvalue weighted by atomic mass is 9.99. The number of hydrogen-bond donors (Lipinski definition) is 0. The van der Waals surface area contributed by atoms with Gasteiger partial charge in [0.1, 0.15) is 6.61 Å². The molecule has 5 nitrogen and oxygen atoms in total. The summed E-state index contributed by atoms with van der Waals surface area (Å²) in [4.78, 5) is 26.1. The van der Waals surface area contributed by atoms with Crippen molar-refractivity contribution in [2.75, 3.05) is 7.11 Å². The molecule has 0 fully saturated rings. The van der Waals surface area contributed by atoms with Crippen LogP contribution in [0.25, 0.3) is 0 Å². The van der Waals surface area contributed by atoms with Gasteiger partial charge in [0, 0.05) is 11.1 Å². The van der Waals surface area contributed by atoms with Crippen molar-refractivity contribution in [3.63, 3.8) is 0 Å². The third kappa shape index (κ3) is 5.51. The Hall–Kier alpha value is -4.38. The number of Topliss-reactive ketones (excluding diaryl/α,β-unsaturated/α-hetero) is 1. The maximum atomic E-state index is 13.1. The predicted molar refractivity (Wildman–Crippen MR) is 129 cm³/mol. The van der Waals surface area contributed by atoms with Gasteiger partial charge in [0.15, 0.2) is 17.6 Å². The van der Waals surface area contributed by atoms with E-state index in [2.05, 4.69) is 0 Å². The minimum Gasteiger partial charge on any atom is -0.493 e. The van der Waals surface area contributed by atoms with E-state index in [4.69, 9.17) is 14.2 Å². The van der Waals surface area contributed by atoms with Gasteiger partial charge in [0.2, 0.25) is 5.78 Å². The lowest BCUT2D eigenvalue weighted by molar-refractivity contribution is 0.0280. The Labute approximate surface area is 198 Å². The number of rotatable bonds is 9. The highest BCUT2D eigenvalue weighted by molar-refractivity contribution is 6.02. The number of ether oxygens (including phenoxy) is 3. The fourth-order valence-corrected chi connectivity index (χ4v) is 3.47. The first-order chi connectivity index (χ1) is 16.7. The zero-order valence-corrected chi connectivity index (χ0v) is 18.7. The highest BCUT2D eigenvalue weighted by Crippen LogP contribution is 2.27. The molecular formula is C29H24O5. The molecule has 0 aliphatic heterocycles. The van der Waals surface area contributed by atoms with Crippen LogP contribution >= 0.6 is 0 Å². The zero-order chi connectivity index (χ0) is 23.8. The maximum Gasteiger partial charge on any atom is 0.339 e. The fraction of sp³-hybridized carbons (Fsp3) is 0.103. The molecular weight excluding hydrogens is 428 g/mol. The summed E-state index contributed by atoms with van der Waals surface area (Å²) >= 11 is 0. The monoisotopic (exact) mass is 452 g/mol. The van der Waals surface area contributed by atoms with Crippen LogP contribution in [0.5, 0.6) is 11.5 Å². The van der Waals surface area contributed by atoms with Gasteiger partial charge in [0.05, 0.1) is 12.7 Å². The van der Waals surface area contributed by atoms with Crippen molar-refractivity contribution in [3.8, 4) is 11.5 Å². The Bertz CT molecular complexity index is 1230. The van der Waals surface area contributed by atoms with Crippen LogP contribution in [0.2, 0.25) is 0 Å². The number of benzene rings is 4. The Morgan fingerprint density at radius 1 is 0.676 bits per heavy atom. The van der Waals surface area contributed by atoms with Crippen molar-refractivity contribution in [1.29, 1.82) is 0 Å². The number of methoxy groups -OCH3 is 1. The summed E-state index contributed by atoms with van der Waals surface area (Å²) in [7, 11) is 1.59. The van der Waals surface area contributed by atoms with Crippen molar-refractivity contribution in [2.24, 2.45) is 0 Å². The van der Waals surface area contributed by atoms with Crippen molar-refractivity contribution in [2.45, 2.75) is 12.7 Å². The third-order valence-corrected chi connectivity index (χ3v) is 5.28. The number of esters is 1. The van der Waals surface area contributed by atoms with E-state index in [0.717, 1.165) is 5.56 Å². The van der Waals surface area contributed by atoms with Gasteiger partial charge < -0.3 is 14.2 Å². The second-order valence-electron chi connectivity index (χ2n) is 7.56. The highest BCUT2D eigenvalue weighted by Gasteiger charge is 2.26. The average molecular weight is 453 g/mol. The molecule has 4 aromatic rings. The summed E-state index contributed by atoms with van der Waals surface area (Å²) in [6, 6.07) is 32.2. The number of carbonyl (C=O) groups is 2. The van der Waals surface area contributed by atoms with Crippen LogP contribution in [0.3, 0.4) is 0 Å². The van der Waals surface area contributed by atoms with Crippen LogP contribution in [-0.2, 0) is 11.3 Å². The van der Waals surface area contributed by atoms with E-state index in [1.165, 1.54) is 0 Å². The van der Waals surface area contributed by atoms with E-state index in [-0.39, 0.29) is 5.78 Å². The molecule has 0 aliphatic rings. The normalized spacial score (nSPS) is 11.3. The molecule has 170 valence electrons. The second-order valence-corrected chi connectivity index (χ2v) is 7.56. The number of ketones is 1. The number of hydrogen-bond acceptors (Lipinski definition) is 5. The van der Waals surface area contributed by atoms with Crippen LogP contribution in [0.15, 0.2) is 109 Å². The molecule has 4 rings (SSSR count). The standard InChI is InChI=1S/C29H24O5/c1-32-25-14-8-9-15-26(25)33-20-21-16-18-24(19-17-21)29(31)34-28(23-12-6-3-7-13-23)27(30)22-10-4-2-5-11-22/h2-19,28H,20H2,1H3/t28-/m1/s1. The maximum absolute atomic E-state index is 13.1. The summed E-state index contributed by atoms with van der Waals surface area (Å²) in [6.07, 6.45) is -1.04. The molecule has 0 bridgehead atoms. The van der Waals surface area contributed by atoms with E-state index < -0.39 is 12.1 Å². The minimum atomic E-state index is -1.04. The predicted octanol–water partition coefficient (Wildman–Crippen LogP) is 6.06. The van der Waals surface area contributed by atoms with Gasteiger partial charge in [-0.05, 0) is 29.8 Å². The van der Waals surface area contributed by atoms with Gasteiger partial charge in [-0.2, -0.15) is 0 Å². The van der Waals surface area contributed by atoms with E-state index in [0.29, 0.717) is 34.8 Å². The van der Waals surface area contributed by atoms with Crippen LogP contribution in [0, 0.1) is 0 Å². The van der Waals surface area contributed by atoms with Crippen LogP contribution in [0.1, 0.15) is 37.9 Å². The van der Waals surface area contributed by atoms with E-state index >= 15 is 0 Å². The first-order valence-corrected chi connectivity index (χ1v) is 10.9. The first kappa shape index (κ1) is 22.8. The molecule has 0 N–H and O–H groups in total. The summed E-state index contributed by atoms with van der Waals surface area (Å²) in [6.45, 7) is 0.314. The molecule has 0 heterocycles. The van der Waals surface area contributed by atoms with Crippen molar-refractivity contribution in [1.82, 2.24) is 0 Å². The highest BCUT2D eigenvalue weighted by atomic mass is 16.5. The molecule has 5 heteroatoms. The van der Waals surface area contributed by atoms with Crippen LogP contribution in [-0.4, -0.2) is 18.9 Å². The summed E-state index contributed by atoms with van der Waals surface area (Å²) < 4.78 is 16.8. The van der Waals surface area contributed by atoms with E-state index in [9.17, 15) is 9.59 Å². The third-order valence-electron chi connectivity index (χ3n) is 5.28. The lowest BCUT2D eigenvalue weighted by Crippen LogP contribution is -2.20. The fourth-order valence-electron chi connectivity index (χ4n) is 3.47. The van der Waals surface area contributed by atoms with Crippen LogP contribution < -0.4 is 9.47 Å². The molecule has 0 saturated heterocycles. The van der Waals surface area contributed by atoms with Crippen molar-refractivity contribution >= 4 is 11.8 Å². The van der Waals surface area contributed by atoms with E-state index in [1.54, 1.807) is 67.8 Å². The van der Waals surface area contributed by atoms with E-state index in [1.807, 2.05) is 48.5 Å². The zero-order valence-electron chi connectivity index (χ0n) is 18.7. The molecule has 0 unspecified atom stereocenters. The van der Waals surface area contributed by atoms with Gasteiger partial charge in [-0.15, -0.1) is 0 Å². The van der Waals surface area contributed by atoms with Gasteiger partial charge >= 0.3 is 5.97 Å². The molecule has 0 amide bonds. The van der Waals surface area contributed by atoms with Gasteiger partial charge in [-0.3, -0.25) is 4.79 Å². The van der Waals surface area contributed by atoms with Gasteiger partial charge in [-0.25, -0.2) is 4.79 Å². The lowest BCUT2D eigenvalue weighted by Gasteiger charge is -2.17. The Kier molecular flexibility index (Phi) is 7.35. The molecule has 0 radical (unpaired) electrons. The van der Waals surface area contributed by atoms with Crippen LogP contribution in [0.4, 0.5) is 0 Å². The second kappa shape index (κ2) is 11.0. The Balaban J connectivity index is 1.47. The molecule has 1 atom stereocenters. The molecule has 0 saturated carbocycles. The SMILES string of the molecule is COc1ccccc1OCc1ccc(C(=O)O[C@@H](C(=O)c2ccccc2)c2ccccc2)cc1. The van der Waals surface area contributed by atoms with Gasteiger partial charge in [-0.1, -0.05) is 84.9 Å². The van der Waals surface area contributed by atoms with Gasteiger partial charge in [0.25, 0.3) is 0 Å². The average Bonchev–Trinajstić information content (AvgIpc) is 2.91. The number of para-hydroxylation sites is 2. The molecule has 0 spiro atoms. The summed E-state index contributed by atoms with van der Waals surface area (Å²) in [5, 5.41) is 0.